The van der Waals surface area contributed by atoms with Crippen LogP contribution in [0.3, 0.4) is 0 Å². The first-order valence-electron chi connectivity index (χ1n) is 8.60. The minimum Gasteiger partial charge on any atom is -0.365 e. The minimum absolute atomic E-state index is 0.00174. The summed E-state index contributed by atoms with van der Waals surface area (Å²) in [6, 6.07) is 8.94. The molecular weight excluding hydrogens is 334 g/mol. The van der Waals surface area contributed by atoms with E-state index < -0.39 is 10.0 Å². The number of allylic oxidation sites excluding steroid dienone is 2. The third-order valence-electron chi connectivity index (χ3n) is 5.48. The van der Waals surface area contributed by atoms with Crippen LogP contribution in [-0.2, 0) is 21.2 Å². The lowest BCUT2D eigenvalue weighted by Crippen LogP contribution is -2.33. The number of aryl methyl sites for hydroxylation is 1. The third-order valence-corrected chi connectivity index (χ3v) is 7.21. The van der Waals surface area contributed by atoms with Crippen LogP contribution in [0.5, 0.6) is 0 Å². The van der Waals surface area contributed by atoms with Crippen LogP contribution in [0.1, 0.15) is 35.8 Å². The molecule has 0 spiro atoms. The summed E-state index contributed by atoms with van der Waals surface area (Å²) in [5.41, 5.74) is 5.63. The summed E-state index contributed by atoms with van der Waals surface area (Å²) in [5, 5.41) is 0. The molecular formula is C20H19NO3S. The lowest BCUT2D eigenvalue weighted by atomic mass is 9.86. The molecule has 0 saturated heterocycles. The van der Waals surface area contributed by atoms with Gasteiger partial charge in [-0.15, -0.1) is 0 Å². The van der Waals surface area contributed by atoms with Crippen LogP contribution >= 0.6 is 0 Å². The molecule has 1 aliphatic carbocycles. The van der Waals surface area contributed by atoms with Crippen LogP contribution in [0.25, 0.3) is 0 Å². The number of ether oxygens (including phenoxy) is 1. The number of hydrogen-bond donors (Lipinski definition) is 0. The van der Waals surface area contributed by atoms with Gasteiger partial charge < -0.3 is 4.74 Å². The Morgan fingerprint density at radius 2 is 1.88 bits per heavy atom. The average molecular weight is 353 g/mol. The fraction of sp³-hybridized carbons (Fsp3) is 0.300. The van der Waals surface area contributed by atoms with E-state index in [4.69, 9.17) is 4.74 Å². The number of nitrogens with zero attached hydrogens (tertiary/aromatic N) is 1. The monoisotopic (exact) mass is 353 g/mol. The van der Waals surface area contributed by atoms with Crippen molar-refractivity contribution in [1.82, 2.24) is 3.97 Å². The van der Waals surface area contributed by atoms with Crippen molar-refractivity contribution in [3.63, 3.8) is 0 Å². The molecule has 0 fully saturated rings. The van der Waals surface area contributed by atoms with E-state index in [9.17, 15) is 8.42 Å². The Kier molecular flexibility index (Phi) is 3.15. The average Bonchev–Trinajstić information content (AvgIpc) is 3.22. The van der Waals surface area contributed by atoms with Gasteiger partial charge in [0.2, 0.25) is 0 Å². The van der Waals surface area contributed by atoms with Crippen molar-refractivity contribution in [3.05, 3.63) is 76.6 Å². The fourth-order valence-corrected chi connectivity index (χ4v) is 5.57. The van der Waals surface area contributed by atoms with Crippen LogP contribution in [0, 0.1) is 6.92 Å². The van der Waals surface area contributed by atoms with Gasteiger partial charge in [-0.2, -0.15) is 0 Å². The highest BCUT2D eigenvalue weighted by Crippen LogP contribution is 2.45. The maximum absolute atomic E-state index is 13.1. The summed E-state index contributed by atoms with van der Waals surface area (Å²) in [7, 11) is -3.58. The molecule has 5 heteroatoms. The van der Waals surface area contributed by atoms with E-state index in [1.165, 1.54) is 15.1 Å². The second-order valence-corrected chi connectivity index (χ2v) is 8.83. The van der Waals surface area contributed by atoms with E-state index in [-0.39, 0.29) is 12.2 Å². The van der Waals surface area contributed by atoms with E-state index >= 15 is 0 Å². The summed E-state index contributed by atoms with van der Waals surface area (Å²) in [5.74, 6) is 0. The lowest BCUT2D eigenvalue weighted by Gasteiger charge is -2.37. The molecule has 128 valence electrons. The Hall–Kier alpha value is -2.11. The Balaban J connectivity index is 1.59. The van der Waals surface area contributed by atoms with Gasteiger partial charge >= 0.3 is 0 Å². The van der Waals surface area contributed by atoms with Crippen LogP contribution < -0.4 is 0 Å². The van der Waals surface area contributed by atoms with Crippen molar-refractivity contribution < 1.29 is 13.2 Å². The van der Waals surface area contributed by atoms with Crippen molar-refractivity contribution >= 4 is 10.0 Å². The molecule has 5 rings (SSSR count). The van der Waals surface area contributed by atoms with Gasteiger partial charge in [0.15, 0.2) is 0 Å². The molecule has 3 heterocycles. The molecule has 1 aromatic heterocycles. The molecule has 2 atom stereocenters. The maximum Gasteiger partial charge on any atom is 0.267 e. The molecule has 2 aliphatic heterocycles. The highest BCUT2D eigenvalue weighted by atomic mass is 32.2. The van der Waals surface area contributed by atoms with Crippen molar-refractivity contribution in [2.75, 3.05) is 0 Å². The fourth-order valence-electron chi connectivity index (χ4n) is 4.17. The molecule has 2 unspecified atom stereocenters. The third kappa shape index (κ3) is 2.19. The molecule has 25 heavy (non-hydrogen) atoms. The number of rotatable bonds is 2. The van der Waals surface area contributed by atoms with E-state index in [0.717, 1.165) is 29.7 Å². The summed E-state index contributed by atoms with van der Waals surface area (Å²) < 4.78 is 33.9. The van der Waals surface area contributed by atoms with E-state index in [2.05, 4.69) is 12.2 Å². The second-order valence-electron chi connectivity index (χ2n) is 7.01. The van der Waals surface area contributed by atoms with Gasteiger partial charge in [0.25, 0.3) is 10.0 Å². The van der Waals surface area contributed by atoms with Gasteiger partial charge in [0.05, 0.1) is 17.1 Å². The normalized spacial score (nSPS) is 24.4. The van der Waals surface area contributed by atoms with Crippen LogP contribution in [-0.4, -0.2) is 18.5 Å². The highest BCUT2D eigenvalue weighted by Gasteiger charge is 2.39. The van der Waals surface area contributed by atoms with Crippen molar-refractivity contribution in [3.8, 4) is 0 Å². The lowest BCUT2D eigenvalue weighted by molar-refractivity contribution is -0.0175. The predicted molar refractivity (Wildman–Crippen MR) is 94.9 cm³/mol. The quantitative estimate of drug-likeness (QED) is 0.827. The number of aromatic nitrogens is 1. The van der Waals surface area contributed by atoms with Gasteiger partial charge in [0.1, 0.15) is 0 Å². The Morgan fingerprint density at radius 1 is 1.08 bits per heavy atom. The Labute approximate surface area is 147 Å². The summed E-state index contributed by atoms with van der Waals surface area (Å²) in [6.45, 7) is 1.95. The van der Waals surface area contributed by atoms with E-state index in [1.807, 2.05) is 25.1 Å². The Morgan fingerprint density at radius 3 is 2.68 bits per heavy atom. The molecule has 2 aromatic rings. The smallest absolute Gasteiger partial charge is 0.267 e. The number of hydrogen-bond acceptors (Lipinski definition) is 3. The zero-order valence-corrected chi connectivity index (χ0v) is 14.8. The molecule has 0 radical (unpaired) electrons. The summed E-state index contributed by atoms with van der Waals surface area (Å²) >= 11 is 0. The van der Waals surface area contributed by atoms with E-state index in [1.54, 1.807) is 18.3 Å². The highest BCUT2D eigenvalue weighted by molar-refractivity contribution is 7.90. The van der Waals surface area contributed by atoms with Crippen LogP contribution in [0.15, 0.2) is 64.7 Å². The maximum atomic E-state index is 13.1. The first-order chi connectivity index (χ1) is 12.0. The Bertz CT molecular complexity index is 1030. The molecule has 2 bridgehead atoms. The predicted octanol–water partition coefficient (Wildman–Crippen LogP) is 3.68. The first-order valence-corrected chi connectivity index (χ1v) is 10.0. The van der Waals surface area contributed by atoms with E-state index in [0.29, 0.717) is 11.3 Å². The summed E-state index contributed by atoms with van der Waals surface area (Å²) in [6.07, 6.45) is 8.40. The molecule has 0 saturated carbocycles. The molecule has 4 nitrogen and oxygen atoms in total. The largest absolute Gasteiger partial charge is 0.365 e. The van der Waals surface area contributed by atoms with Gasteiger partial charge in [-0.25, -0.2) is 12.4 Å². The van der Waals surface area contributed by atoms with Gasteiger partial charge in [-0.1, -0.05) is 29.8 Å². The zero-order chi connectivity index (χ0) is 17.2. The molecule has 1 aromatic carbocycles. The van der Waals surface area contributed by atoms with Crippen molar-refractivity contribution in [2.24, 2.45) is 0 Å². The van der Waals surface area contributed by atoms with Gasteiger partial charge in [0, 0.05) is 30.3 Å². The second kappa shape index (κ2) is 5.19. The van der Waals surface area contributed by atoms with Gasteiger partial charge in [-0.3, -0.25) is 0 Å². The minimum atomic E-state index is -3.58. The van der Waals surface area contributed by atoms with Crippen molar-refractivity contribution in [1.29, 1.82) is 0 Å². The number of benzene rings is 1. The van der Waals surface area contributed by atoms with Crippen LogP contribution in [0.2, 0.25) is 0 Å². The van der Waals surface area contributed by atoms with Crippen LogP contribution in [0.4, 0.5) is 0 Å². The first kappa shape index (κ1) is 15.2. The molecule has 0 amide bonds. The molecule has 3 aliphatic rings. The zero-order valence-electron chi connectivity index (χ0n) is 14.0. The molecule has 0 N–H and O–H groups in total. The van der Waals surface area contributed by atoms with Crippen molar-refractivity contribution in [2.45, 2.75) is 43.3 Å². The SMILES string of the molecule is Cc1ccc(S(=O)(=O)n2ccc3c2CC2OC3CC3=C2CC=C3)cc1. The topological polar surface area (TPSA) is 48.3 Å². The summed E-state index contributed by atoms with van der Waals surface area (Å²) in [4.78, 5) is 0.329. The number of fused-ring (bicyclic) bond motifs is 5. The standard InChI is InChI=1S/C20H19NO3S/c1-13-5-7-15(8-6-13)25(22,23)21-10-9-17-18(21)12-20-16-4-2-3-14(16)11-19(17)24-20/h2-3,5-10,19-20H,4,11-12H2,1H3. The van der Waals surface area contributed by atoms with Gasteiger partial charge in [-0.05, 0) is 42.7 Å².